The van der Waals surface area contributed by atoms with E-state index in [-0.39, 0.29) is 18.2 Å². The SMILES string of the molecule is CC(C)CCCNC(=O)NC(=O)CCCl. The average Bonchev–Trinajstić information content (AvgIpc) is 2.12. The van der Waals surface area contributed by atoms with Gasteiger partial charge in [0.15, 0.2) is 0 Å². The highest BCUT2D eigenvalue weighted by molar-refractivity contribution is 6.19. The monoisotopic (exact) mass is 234 g/mol. The first kappa shape index (κ1) is 14.2. The number of hydrogen-bond acceptors (Lipinski definition) is 2. The summed E-state index contributed by atoms with van der Waals surface area (Å²) in [5.41, 5.74) is 0. The van der Waals surface area contributed by atoms with Crippen LogP contribution in [0, 0.1) is 5.92 Å². The van der Waals surface area contributed by atoms with Crippen molar-refractivity contribution in [2.24, 2.45) is 5.92 Å². The van der Waals surface area contributed by atoms with Crippen molar-refractivity contribution in [3.05, 3.63) is 0 Å². The van der Waals surface area contributed by atoms with Crippen LogP contribution < -0.4 is 10.6 Å². The van der Waals surface area contributed by atoms with Crippen molar-refractivity contribution < 1.29 is 9.59 Å². The van der Waals surface area contributed by atoms with Crippen LogP contribution in [-0.4, -0.2) is 24.4 Å². The van der Waals surface area contributed by atoms with Gasteiger partial charge in [-0.15, -0.1) is 11.6 Å². The summed E-state index contributed by atoms with van der Waals surface area (Å²) in [6, 6.07) is -0.436. The summed E-state index contributed by atoms with van der Waals surface area (Å²) in [5.74, 6) is 0.519. The summed E-state index contributed by atoms with van der Waals surface area (Å²) in [6.45, 7) is 4.85. The minimum Gasteiger partial charge on any atom is -0.338 e. The Morgan fingerprint density at radius 1 is 1.33 bits per heavy atom. The highest BCUT2D eigenvalue weighted by atomic mass is 35.5. The zero-order chi connectivity index (χ0) is 11.7. The van der Waals surface area contributed by atoms with Crippen LogP contribution in [0.15, 0.2) is 0 Å². The number of rotatable bonds is 6. The lowest BCUT2D eigenvalue weighted by atomic mass is 10.1. The number of nitrogens with one attached hydrogen (secondary N) is 2. The number of alkyl halides is 1. The van der Waals surface area contributed by atoms with E-state index >= 15 is 0 Å². The third-order valence-electron chi connectivity index (χ3n) is 1.82. The van der Waals surface area contributed by atoms with Gasteiger partial charge in [-0.3, -0.25) is 10.1 Å². The second-order valence-electron chi connectivity index (χ2n) is 3.78. The summed E-state index contributed by atoms with van der Waals surface area (Å²) in [4.78, 5) is 22.0. The summed E-state index contributed by atoms with van der Waals surface area (Å²) >= 11 is 5.35. The number of carbonyl (C=O) groups excluding carboxylic acids is 2. The number of urea groups is 1. The van der Waals surface area contributed by atoms with E-state index in [1.807, 2.05) is 0 Å². The van der Waals surface area contributed by atoms with Crippen molar-refractivity contribution in [2.45, 2.75) is 33.1 Å². The second-order valence-corrected chi connectivity index (χ2v) is 4.16. The Bertz CT molecular complexity index is 208. The molecule has 3 amide bonds. The first-order chi connectivity index (χ1) is 7.06. The summed E-state index contributed by atoms with van der Waals surface area (Å²) in [5, 5.41) is 4.81. The molecule has 0 unspecified atom stereocenters. The highest BCUT2D eigenvalue weighted by Gasteiger charge is 2.05. The molecule has 0 aromatic rings. The smallest absolute Gasteiger partial charge is 0.321 e. The van der Waals surface area contributed by atoms with Crippen LogP contribution in [0.5, 0.6) is 0 Å². The largest absolute Gasteiger partial charge is 0.338 e. The Balaban J connectivity index is 3.45. The fraction of sp³-hybridized carbons (Fsp3) is 0.800. The molecule has 0 aliphatic heterocycles. The van der Waals surface area contributed by atoms with Crippen molar-refractivity contribution in [3.63, 3.8) is 0 Å². The molecule has 0 rings (SSSR count). The van der Waals surface area contributed by atoms with Gasteiger partial charge in [0.1, 0.15) is 0 Å². The van der Waals surface area contributed by atoms with E-state index in [4.69, 9.17) is 11.6 Å². The maximum absolute atomic E-state index is 11.1. The molecule has 0 aliphatic rings. The second kappa shape index (κ2) is 8.53. The molecular formula is C10H19ClN2O2. The van der Waals surface area contributed by atoms with Gasteiger partial charge < -0.3 is 5.32 Å². The fourth-order valence-corrected chi connectivity index (χ4v) is 1.20. The Labute approximate surface area is 95.7 Å². The molecule has 0 fully saturated rings. The van der Waals surface area contributed by atoms with E-state index in [9.17, 15) is 9.59 Å². The van der Waals surface area contributed by atoms with Gasteiger partial charge in [0.2, 0.25) is 5.91 Å². The molecule has 0 heterocycles. The number of hydrogen-bond donors (Lipinski definition) is 2. The molecule has 4 nitrogen and oxygen atoms in total. The highest BCUT2D eigenvalue weighted by Crippen LogP contribution is 2.01. The van der Waals surface area contributed by atoms with E-state index in [1.54, 1.807) is 0 Å². The Kier molecular flexibility index (Phi) is 8.09. The van der Waals surface area contributed by atoms with Gasteiger partial charge in [-0.2, -0.15) is 0 Å². The molecule has 0 radical (unpaired) electrons. The third kappa shape index (κ3) is 9.53. The molecular weight excluding hydrogens is 216 g/mol. The molecule has 0 saturated carbocycles. The molecule has 5 heteroatoms. The molecule has 15 heavy (non-hydrogen) atoms. The van der Waals surface area contributed by atoms with Crippen molar-refractivity contribution in [1.29, 1.82) is 0 Å². The summed E-state index contributed by atoms with van der Waals surface area (Å²) < 4.78 is 0. The number of imide groups is 1. The molecule has 0 aliphatic carbocycles. The van der Waals surface area contributed by atoms with Crippen LogP contribution in [0.4, 0.5) is 4.79 Å². The normalized spacial score (nSPS) is 10.1. The van der Waals surface area contributed by atoms with Gasteiger partial charge in [-0.1, -0.05) is 13.8 Å². The molecule has 0 atom stereocenters. The predicted molar refractivity (Wildman–Crippen MR) is 61.0 cm³/mol. The molecule has 2 N–H and O–H groups in total. The van der Waals surface area contributed by atoms with E-state index < -0.39 is 6.03 Å². The average molecular weight is 235 g/mol. The van der Waals surface area contributed by atoms with Gasteiger partial charge in [0.25, 0.3) is 0 Å². The van der Waals surface area contributed by atoms with E-state index in [0.717, 1.165) is 12.8 Å². The van der Waals surface area contributed by atoms with Crippen molar-refractivity contribution in [2.75, 3.05) is 12.4 Å². The Morgan fingerprint density at radius 3 is 2.53 bits per heavy atom. The maximum atomic E-state index is 11.1. The number of carbonyl (C=O) groups is 2. The number of halogens is 1. The van der Waals surface area contributed by atoms with E-state index in [2.05, 4.69) is 24.5 Å². The molecule has 0 spiro atoms. The molecule has 88 valence electrons. The van der Waals surface area contributed by atoms with Crippen LogP contribution in [-0.2, 0) is 4.79 Å². The lowest BCUT2D eigenvalue weighted by molar-refractivity contribution is -0.119. The molecule has 0 saturated heterocycles. The number of amides is 3. The van der Waals surface area contributed by atoms with Gasteiger partial charge in [-0.25, -0.2) is 4.79 Å². The van der Waals surface area contributed by atoms with Crippen LogP contribution in [0.1, 0.15) is 33.1 Å². The van der Waals surface area contributed by atoms with Crippen LogP contribution in [0.2, 0.25) is 0 Å². The van der Waals surface area contributed by atoms with Crippen LogP contribution in [0.3, 0.4) is 0 Å². The van der Waals surface area contributed by atoms with Gasteiger partial charge in [0.05, 0.1) is 0 Å². The van der Waals surface area contributed by atoms with Gasteiger partial charge >= 0.3 is 6.03 Å². The Hall–Kier alpha value is -0.770. The zero-order valence-corrected chi connectivity index (χ0v) is 10.1. The molecule has 0 bridgehead atoms. The lowest BCUT2D eigenvalue weighted by Gasteiger charge is -2.07. The molecule has 0 aromatic heterocycles. The van der Waals surface area contributed by atoms with E-state index in [0.29, 0.717) is 12.5 Å². The van der Waals surface area contributed by atoms with Crippen LogP contribution >= 0.6 is 11.6 Å². The van der Waals surface area contributed by atoms with Gasteiger partial charge in [0, 0.05) is 18.8 Å². The lowest BCUT2D eigenvalue weighted by Crippen LogP contribution is -2.39. The fourth-order valence-electron chi connectivity index (χ4n) is 1.03. The minimum absolute atomic E-state index is 0.168. The zero-order valence-electron chi connectivity index (χ0n) is 9.31. The molecule has 0 aromatic carbocycles. The summed E-state index contributed by atoms with van der Waals surface area (Å²) in [6.07, 6.45) is 2.16. The maximum Gasteiger partial charge on any atom is 0.321 e. The topological polar surface area (TPSA) is 58.2 Å². The Morgan fingerprint density at radius 2 is 2.00 bits per heavy atom. The summed E-state index contributed by atoms with van der Waals surface area (Å²) in [7, 11) is 0. The van der Waals surface area contributed by atoms with Gasteiger partial charge in [-0.05, 0) is 18.8 Å². The van der Waals surface area contributed by atoms with Crippen LogP contribution in [0.25, 0.3) is 0 Å². The first-order valence-corrected chi connectivity index (χ1v) is 5.73. The quantitative estimate of drug-likeness (QED) is 0.545. The third-order valence-corrected chi connectivity index (χ3v) is 2.01. The first-order valence-electron chi connectivity index (χ1n) is 5.20. The van der Waals surface area contributed by atoms with E-state index in [1.165, 1.54) is 0 Å². The minimum atomic E-state index is -0.436. The van der Waals surface area contributed by atoms with Crippen molar-refractivity contribution in [1.82, 2.24) is 10.6 Å². The van der Waals surface area contributed by atoms with Crippen molar-refractivity contribution >= 4 is 23.5 Å². The van der Waals surface area contributed by atoms with Crippen molar-refractivity contribution in [3.8, 4) is 0 Å². The predicted octanol–water partition coefficient (Wildman–Crippen LogP) is 1.88. The standard InChI is InChI=1S/C10H19ClN2O2/c1-8(2)4-3-7-12-10(15)13-9(14)5-6-11/h8H,3-7H2,1-2H3,(H2,12,13,14,15).